The number of anilines is 2. The van der Waals surface area contributed by atoms with Gasteiger partial charge in [0, 0.05) is 11.3 Å². The van der Waals surface area contributed by atoms with Gasteiger partial charge in [0.15, 0.2) is 0 Å². The molecule has 1 heterocycles. The molecule has 0 aliphatic carbocycles. The highest BCUT2D eigenvalue weighted by molar-refractivity contribution is 7.92. The molecule has 11 heteroatoms. The molecule has 9 nitrogen and oxygen atoms in total. The molecular weight excluding hydrogens is 466 g/mol. The SMILES string of the molecule is CCOC(=O)NC(=O)c1ccsc1NC(=O)c1ccc(S(=O)(=O)Nc2ccc(C)cc2)cc1. The molecule has 3 aromatic rings. The number of thiophene rings is 1. The molecule has 0 radical (unpaired) electrons. The molecule has 0 aliphatic rings. The van der Waals surface area contributed by atoms with Crippen LogP contribution < -0.4 is 15.4 Å². The molecule has 0 bridgehead atoms. The highest BCUT2D eigenvalue weighted by Crippen LogP contribution is 2.24. The van der Waals surface area contributed by atoms with Crippen molar-refractivity contribution in [1.82, 2.24) is 5.32 Å². The number of imide groups is 1. The van der Waals surface area contributed by atoms with Gasteiger partial charge >= 0.3 is 6.09 Å². The number of amides is 3. The number of carbonyl (C=O) groups is 3. The molecular formula is C22H21N3O6S2. The fourth-order valence-electron chi connectivity index (χ4n) is 2.71. The monoisotopic (exact) mass is 487 g/mol. The standard InChI is InChI=1S/C22H21N3O6S2/c1-3-31-22(28)24-20(27)18-12-13-32-21(18)23-19(26)15-6-10-17(11-7-15)33(29,30)25-16-8-4-14(2)5-9-16/h4-13,25H,3H2,1-2H3,(H,23,26)(H,24,27,28). The van der Waals surface area contributed by atoms with Crippen LogP contribution in [-0.4, -0.2) is 32.9 Å². The molecule has 33 heavy (non-hydrogen) atoms. The van der Waals surface area contributed by atoms with Crippen LogP contribution in [-0.2, 0) is 14.8 Å². The summed E-state index contributed by atoms with van der Waals surface area (Å²) in [7, 11) is -3.83. The predicted octanol–water partition coefficient (Wildman–Crippen LogP) is 4.00. The predicted molar refractivity (Wildman–Crippen MR) is 125 cm³/mol. The van der Waals surface area contributed by atoms with E-state index < -0.39 is 27.9 Å². The third-order valence-electron chi connectivity index (χ3n) is 4.36. The molecule has 172 valence electrons. The minimum Gasteiger partial charge on any atom is -0.450 e. The number of carbonyl (C=O) groups excluding carboxylic acids is 3. The molecule has 3 amide bonds. The third kappa shape index (κ3) is 6.18. The second-order valence-electron chi connectivity index (χ2n) is 6.79. The van der Waals surface area contributed by atoms with Gasteiger partial charge in [0.2, 0.25) is 0 Å². The van der Waals surface area contributed by atoms with Crippen molar-refractivity contribution in [2.75, 3.05) is 16.6 Å². The summed E-state index contributed by atoms with van der Waals surface area (Å²) in [5.74, 6) is -1.26. The Balaban J connectivity index is 1.69. The summed E-state index contributed by atoms with van der Waals surface area (Å²) in [6, 6.07) is 13.7. The number of hydrogen-bond acceptors (Lipinski definition) is 7. The maximum atomic E-state index is 12.6. The summed E-state index contributed by atoms with van der Waals surface area (Å²) in [6.07, 6.45) is -0.887. The van der Waals surface area contributed by atoms with E-state index in [1.54, 1.807) is 36.6 Å². The molecule has 0 saturated carbocycles. The molecule has 1 aromatic heterocycles. The lowest BCUT2D eigenvalue weighted by Crippen LogP contribution is -2.31. The Bertz CT molecular complexity index is 1270. The highest BCUT2D eigenvalue weighted by atomic mass is 32.2. The fourth-order valence-corrected chi connectivity index (χ4v) is 4.55. The van der Waals surface area contributed by atoms with E-state index in [1.165, 1.54) is 30.3 Å². The van der Waals surface area contributed by atoms with Crippen LogP contribution in [0.2, 0.25) is 0 Å². The smallest absolute Gasteiger partial charge is 0.414 e. The van der Waals surface area contributed by atoms with Crippen molar-refractivity contribution in [3.8, 4) is 0 Å². The van der Waals surface area contributed by atoms with Crippen molar-refractivity contribution < 1.29 is 27.5 Å². The van der Waals surface area contributed by atoms with Crippen LogP contribution in [0.5, 0.6) is 0 Å². The third-order valence-corrected chi connectivity index (χ3v) is 6.59. The Hall–Kier alpha value is -3.70. The summed E-state index contributed by atoms with van der Waals surface area (Å²) in [5, 5.41) is 6.48. The molecule has 0 fully saturated rings. The topological polar surface area (TPSA) is 131 Å². The number of sulfonamides is 1. The van der Waals surface area contributed by atoms with Gasteiger partial charge in [-0.15, -0.1) is 11.3 Å². The van der Waals surface area contributed by atoms with Crippen LogP contribution in [0.3, 0.4) is 0 Å². The Kier molecular flexibility index (Phi) is 7.46. The van der Waals surface area contributed by atoms with E-state index in [0.717, 1.165) is 16.9 Å². The van der Waals surface area contributed by atoms with Crippen LogP contribution in [0.4, 0.5) is 15.5 Å². The second kappa shape index (κ2) is 10.3. The van der Waals surface area contributed by atoms with E-state index in [0.29, 0.717) is 5.69 Å². The average Bonchev–Trinajstić information content (AvgIpc) is 3.23. The number of aryl methyl sites for hydroxylation is 1. The Morgan fingerprint density at radius 3 is 2.24 bits per heavy atom. The first-order valence-corrected chi connectivity index (χ1v) is 12.1. The number of nitrogens with one attached hydrogen (secondary N) is 3. The molecule has 0 atom stereocenters. The van der Waals surface area contributed by atoms with Crippen molar-refractivity contribution in [1.29, 1.82) is 0 Å². The van der Waals surface area contributed by atoms with E-state index in [4.69, 9.17) is 0 Å². The molecule has 3 N–H and O–H groups in total. The summed E-state index contributed by atoms with van der Waals surface area (Å²) in [4.78, 5) is 36.3. The zero-order valence-corrected chi connectivity index (χ0v) is 19.4. The maximum absolute atomic E-state index is 12.6. The van der Waals surface area contributed by atoms with Gasteiger partial charge in [0.25, 0.3) is 21.8 Å². The van der Waals surface area contributed by atoms with Crippen molar-refractivity contribution >= 4 is 50.0 Å². The Morgan fingerprint density at radius 1 is 0.939 bits per heavy atom. The quantitative estimate of drug-likeness (QED) is 0.462. The minimum atomic E-state index is -3.83. The van der Waals surface area contributed by atoms with Crippen molar-refractivity contribution in [3.05, 3.63) is 76.7 Å². The number of ether oxygens (including phenoxy) is 1. The highest BCUT2D eigenvalue weighted by Gasteiger charge is 2.19. The first-order chi connectivity index (χ1) is 15.7. The van der Waals surface area contributed by atoms with Gasteiger partial charge < -0.3 is 10.1 Å². The lowest BCUT2D eigenvalue weighted by Gasteiger charge is -2.10. The van der Waals surface area contributed by atoms with Crippen LogP contribution in [0.15, 0.2) is 64.9 Å². The van der Waals surface area contributed by atoms with Crippen molar-refractivity contribution in [3.63, 3.8) is 0 Å². The van der Waals surface area contributed by atoms with Gasteiger partial charge in [0.1, 0.15) is 5.00 Å². The Morgan fingerprint density at radius 2 is 1.61 bits per heavy atom. The lowest BCUT2D eigenvalue weighted by molar-refractivity contribution is 0.0926. The fraction of sp³-hybridized carbons (Fsp3) is 0.136. The first-order valence-electron chi connectivity index (χ1n) is 9.76. The van der Waals surface area contributed by atoms with Crippen molar-refractivity contribution in [2.24, 2.45) is 0 Å². The van der Waals surface area contributed by atoms with E-state index in [1.807, 2.05) is 6.92 Å². The molecule has 0 saturated heterocycles. The molecule has 3 rings (SSSR count). The number of alkyl carbamates (subject to hydrolysis) is 1. The number of rotatable bonds is 7. The van der Waals surface area contributed by atoms with Crippen LogP contribution >= 0.6 is 11.3 Å². The molecule has 0 unspecified atom stereocenters. The lowest BCUT2D eigenvalue weighted by atomic mass is 10.2. The zero-order valence-electron chi connectivity index (χ0n) is 17.7. The van der Waals surface area contributed by atoms with Crippen LogP contribution in [0, 0.1) is 6.92 Å². The number of benzene rings is 2. The van der Waals surface area contributed by atoms with Gasteiger partial charge in [-0.05, 0) is 61.7 Å². The second-order valence-corrected chi connectivity index (χ2v) is 9.39. The number of hydrogen-bond donors (Lipinski definition) is 3. The normalized spacial score (nSPS) is 10.8. The maximum Gasteiger partial charge on any atom is 0.414 e. The van der Waals surface area contributed by atoms with Gasteiger partial charge in [0.05, 0.1) is 17.1 Å². The van der Waals surface area contributed by atoms with Gasteiger partial charge in [-0.25, -0.2) is 13.2 Å². The van der Waals surface area contributed by atoms with Crippen LogP contribution in [0.25, 0.3) is 0 Å². The summed E-state index contributed by atoms with van der Waals surface area (Å²) in [6.45, 7) is 3.61. The average molecular weight is 488 g/mol. The van der Waals surface area contributed by atoms with Crippen molar-refractivity contribution in [2.45, 2.75) is 18.7 Å². The van der Waals surface area contributed by atoms with Gasteiger partial charge in [-0.3, -0.25) is 19.6 Å². The molecule has 0 spiro atoms. The molecule has 2 aromatic carbocycles. The van der Waals surface area contributed by atoms with Gasteiger partial charge in [-0.1, -0.05) is 17.7 Å². The Labute approximate surface area is 194 Å². The van der Waals surface area contributed by atoms with E-state index in [9.17, 15) is 22.8 Å². The summed E-state index contributed by atoms with van der Waals surface area (Å²) >= 11 is 1.10. The van der Waals surface area contributed by atoms with E-state index in [2.05, 4.69) is 20.1 Å². The first kappa shape index (κ1) is 24.0. The largest absolute Gasteiger partial charge is 0.450 e. The van der Waals surface area contributed by atoms with Crippen LogP contribution in [0.1, 0.15) is 33.2 Å². The zero-order chi connectivity index (χ0) is 24.0. The van der Waals surface area contributed by atoms with E-state index in [-0.39, 0.29) is 27.6 Å². The summed E-state index contributed by atoms with van der Waals surface area (Å²) < 4.78 is 32.3. The molecule has 0 aliphatic heterocycles. The van der Waals surface area contributed by atoms with Gasteiger partial charge in [-0.2, -0.15) is 0 Å². The minimum absolute atomic E-state index is 0.00903. The summed E-state index contributed by atoms with van der Waals surface area (Å²) in [5.41, 5.74) is 1.71. The van der Waals surface area contributed by atoms with E-state index >= 15 is 0 Å².